The van der Waals surface area contributed by atoms with Crippen LogP contribution in [0.5, 0.6) is 0 Å². The maximum Gasteiger partial charge on any atom is 0.107 e. The topological polar surface area (TPSA) is 21.1 Å². The number of likely N-dealkylation sites (N-methyl/N-ethyl adjacent to an activating group) is 1. The van der Waals surface area contributed by atoms with E-state index in [0.717, 1.165) is 17.9 Å². The molecule has 3 heteroatoms. The number of imidazole rings is 1. The van der Waals surface area contributed by atoms with Crippen LogP contribution in [0.25, 0.3) is 11.0 Å². The van der Waals surface area contributed by atoms with Gasteiger partial charge in [0.25, 0.3) is 0 Å². The average molecular weight is 229 g/mol. The Morgan fingerprint density at radius 1 is 1.29 bits per heavy atom. The molecule has 0 N–H and O–H groups in total. The molecule has 1 unspecified atom stereocenters. The van der Waals surface area contributed by atoms with E-state index in [2.05, 4.69) is 53.5 Å². The first-order valence-electron chi connectivity index (χ1n) is 6.29. The number of nitrogens with zero attached hydrogens (tertiary/aromatic N) is 3. The first-order valence-corrected chi connectivity index (χ1v) is 6.29. The van der Waals surface area contributed by atoms with Crippen molar-refractivity contribution >= 4 is 11.0 Å². The third kappa shape index (κ3) is 1.75. The number of hydrogen-bond acceptors (Lipinski definition) is 2. The highest BCUT2D eigenvalue weighted by molar-refractivity contribution is 5.77. The number of aryl methyl sites for hydroxylation is 2. The lowest BCUT2D eigenvalue weighted by atomic mass is 10.2. The van der Waals surface area contributed by atoms with Gasteiger partial charge in [-0.15, -0.1) is 0 Å². The molecule has 0 bridgehead atoms. The van der Waals surface area contributed by atoms with Gasteiger partial charge in [0.2, 0.25) is 0 Å². The van der Waals surface area contributed by atoms with Crippen LogP contribution in [0, 0.1) is 13.8 Å². The number of aromatic nitrogens is 2. The Morgan fingerprint density at radius 2 is 2.12 bits per heavy atom. The van der Waals surface area contributed by atoms with Crippen molar-refractivity contribution in [3.63, 3.8) is 0 Å². The summed E-state index contributed by atoms with van der Waals surface area (Å²) >= 11 is 0. The maximum atomic E-state index is 4.67. The van der Waals surface area contributed by atoms with Gasteiger partial charge >= 0.3 is 0 Å². The van der Waals surface area contributed by atoms with Gasteiger partial charge < -0.3 is 9.47 Å². The second-order valence-electron chi connectivity index (χ2n) is 5.23. The van der Waals surface area contributed by atoms with E-state index in [1.54, 1.807) is 0 Å². The molecular weight excluding hydrogens is 210 g/mol. The fourth-order valence-corrected chi connectivity index (χ4v) is 2.91. The third-order valence-electron chi connectivity index (χ3n) is 3.75. The molecule has 17 heavy (non-hydrogen) atoms. The Morgan fingerprint density at radius 3 is 2.82 bits per heavy atom. The van der Waals surface area contributed by atoms with Crippen LogP contribution in [-0.2, 0) is 0 Å². The smallest absolute Gasteiger partial charge is 0.107 e. The van der Waals surface area contributed by atoms with Crippen LogP contribution >= 0.6 is 0 Å². The van der Waals surface area contributed by atoms with E-state index in [0.29, 0.717) is 6.04 Å². The molecule has 90 valence electrons. The zero-order chi connectivity index (χ0) is 12.0. The summed E-state index contributed by atoms with van der Waals surface area (Å²) in [6.07, 6.45) is 1.23. The van der Waals surface area contributed by atoms with Gasteiger partial charge in [0.15, 0.2) is 0 Å². The van der Waals surface area contributed by atoms with Crippen LogP contribution in [0.4, 0.5) is 0 Å². The predicted octanol–water partition coefficient (Wildman–Crippen LogP) is 2.53. The van der Waals surface area contributed by atoms with Crippen molar-refractivity contribution in [2.45, 2.75) is 26.3 Å². The number of rotatable bonds is 1. The molecule has 1 aliphatic heterocycles. The number of hydrogen-bond donors (Lipinski definition) is 0. The zero-order valence-electron chi connectivity index (χ0n) is 10.8. The molecule has 1 aliphatic rings. The normalized spacial score (nSPS) is 21.5. The summed E-state index contributed by atoms with van der Waals surface area (Å²) in [5, 5.41) is 0. The van der Waals surface area contributed by atoms with Gasteiger partial charge in [0.1, 0.15) is 5.82 Å². The molecular formula is C14H19N3. The number of fused-ring (bicyclic) bond motifs is 1. The summed E-state index contributed by atoms with van der Waals surface area (Å²) in [7, 11) is 2.19. The molecule has 0 spiro atoms. The summed E-state index contributed by atoms with van der Waals surface area (Å²) in [5.41, 5.74) is 3.73. The lowest BCUT2D eigenvalue weighted by molar-refractivity contribution is 0.393. The highest BCUT2D eigenvalue weighted by atomic mass is 15.2. The summed E-state index contributed by atoms with van der Waals surface area (Å²) in [5.74, 6) is 1.14. The molecule has 0 radical (unpaired) electrons. The van der Waals surface area contributed by atoms with Crippen molar-refractivity contribution in [2.75, 3.05) is 20.1 Å². The molecule has 0 saturated carbocycles. The minimum atomic E-state index is 0.590. The molecule has 1 fully saturated rings. The molecule has 3 rings (SSSR count). The number of benzene rings is 1. The fourth-order valence-electron chi connectivity index (χ4n) is 2.91. The standard InChI is InChI=1S/C14H19N3/c1-10-4-5-13-14(8-10)17(11(2)15-13)12-6-7-16(3)9-12/h4-5,8,12H,6-7,9H2,1-3H3. The average Bonchev–Trinajstić information content (AvgIpc) is 2.81. The van der Waals surface area contributed by atoms with E-state index in [1.807, 2.05) is 0 Å². The first-order chi connectivity index (χ1) is 8.15. The molecule has 1 aromatic carbocycles. The molecule has 0 amide bonds. The van der Waals surface area contributed by atoms with Gasteiger partial charge in [0, 0.05) is 12.6 Å². The zero-order valence-corrected chi connectivity index (χ0v) is 10.8. The Hall–Kier alpha value is -1.35. The molecule has 0 aliphatic carbocycles. The van der Waals surface area contributed by atoms with Gasteiger partial charge in [0.05, 0.1) is 11.0 Å². The highest BCUT2D eigenvalue weighted by Gasteiger charge is 2.23. The SMILES string of the molecule is Cc1ccc2nc(C)n(C3CCN(C)C3)c2c1. The largest absolute Gasteiger partial charge is 0.324 e. The summed E-state index contributed by atoms with van der Waals surface area (Å²) in [6, 6.07) is 7.12. The maximum absolute atomic E-state index is 4.67. The molecule has 1 aromatic heterocycles. The summed E-state index contributed by atoms with van der Waals surface area (Å²) < 4.78 is 2.42. The second-order valence-corrected chi connectivity index (χ2v) is 5.23. The van der Waals surface area contributed by atoms with Crippen molar-refractivity contribution < 1.29 is 0 Å². The Balaban J connectivity index is 2.14. The predicted molar refractivity (Wildman–Crippen MR) is 70.4 cm³/mol. The van der Waals surface area contributed by atoms with E-state index < -0.39 is 0 Å². The minimum absolute atomic E-state index is 0.590. The van der Waals surface area contributed by atoms with Crippen LogP contribution in [0.2, 0.25) is 0 Å². The third-order valence-corrected chi connectivity index (χ3v) is 3.75. The Labute approximate surface area is 102 Å². The van der Waals surface area contributed by atoms with Crippen molar-refractivity contribution in [3.8, 4) is 0 Å². The summed E-state index contributed by atoms with van der Waals surface area (Å²) in [6.45, 7) is 6.59. The van der Waals surface area contributed by atoms with E-state index in [1.165, 1.54) is 24.0 Å². The van der Waals surface area contributed by atoms with E-state index in [9.17, 15) is 0 Å². The van der Waals surface area contributed by atoms with Gasteiger partial charge in [-0.1, -0.05) is 6.07 Å². The van der Waals surface area contributed by atoms with E-state index in [-0.39, 0.29) is 0 Å². The van der Waals surface area contributed by atoms with Gasteiger partial charge in [-0.05, 0) is 51.6 Å². The minimum Gasteiger partial charge on any atom is -0.324 e. The molecule has 2 aromatic rings. The van der Waals surface area contributed by atoms with E-state index >= 15 is 0 Å². The van der Waals surface area contributed by atoms with Crippen LogP contribution in [0.3, 0.4) is 0 Å². The Kier molecular flexibility index (Phi) is 2.44. The molecule has 2 heterocycles. The quantitative estimate of drug-likeness (QED) is 0.749. The summed E-state index contributed by atoms with van der Waals surface area (Å²) in [4.78, 5) is 7.06. The van der Waals surface area contributed by atoms with Gasteiger partial charge in [-0.3, -0.25) is 0 Å². The molecule has 3 nitrogen and oxygen atoms in total. The van der Waals surface area contributed by atoms with Crippen molar-refractivity contribution in [1.82, 2.24) is 14.5 Å². The van der Waals surface area contributed by atoms with Crippen molar-refractivity contribution in [2.24, 2.45) is 0 Å². The lowest BCUT2D eigenvalue weighted by Crippen LogP contribution is -2.17. The Bertz CT molecular complexity index is 556. The van der Waals surface area contributed by atoms with Crippen molar-refractivity contribution in [1.29, 1.82) is 0 Å². The highest BCUT2D eigenvalue weighted by Crippen LogP contribution is 2.27. The van der Waals surface area contributed by atoms with Crippen LogP contribution in [0.15, 0.2) is 18.2 Å². The van der Waals surface area contributed by atoms with Gasteiger partial charge in [-0.2, -0.15) is 0 Å². The van der Waals surface area contributed by atoms with E-state index in [4.69, 9.17) is 0 Å². The van der Waals surface area contributed by atoms with Crippen LogP contribution in [0.1, 0.15) is 23.9 Å². The van der Waals surface area contributed by atoms with Crippen LogP contribution in [-0.4, -0.2) is 34.6 Å². The fraction of sp³-hybridized carbons (Fsp3) is 0.500. The number of likely N-dealkylation sites (tertiary alicyclic amines) is 1. The van der Waals surface area contributed by atoms with Gasteiger partial charge in [-0.25, -0.2) is 4.98 Å². The second kappa shape index (κ2) is 3.84. The molecule has 1 saturated heterocycles. The van der Waals surface area contributed by atoms with Crippen molar-refractivity contribution in [3.05, 3.63) is 29.6 Å². The first kappa shape index (κ1) is 10.8. The lowest BCUT2D eigenvalue weighted by Gasteiger charge is -2.15. The monoisotopic (exact) mass is 229 g/mol. The molecule has 1 atom stereocenters. The van der Waals surface area contributed by atoms with Crippen LogP contribution < -0.4 is 0 Å².